The Kier molecular flexibility index (Phi) is 11.5. The first-order valence-corrected chi connectivity index (χ1v) is 12.3. The van der Waals surface area contributed by atoms with Crippen LogP contribution in [0.2, 0.25) is 0 Å². The van der Waals surface area contributed by atoms with Crippen LogP contribution >= 0.6 is 7.92 Å². The zero-order chi connectivity index (χ0) is 31.1. The zero-order valence-corrected chi connectivity index (χ0v) is 24.0. The Labute approximate surface area is 246 Å². The molecule has 0 aliphatic rings. The van der Waals surface area contributed by atoms with E-state index < -0.39 is 110 Å². The van der Waals surface area contributed by atoms with Crippen molar-refractivity contribution in [1.82, 2.24) is 0 Å². The number of hydrogen-bond acceptors (Lipinski definition) is 0. The largest absolute Gasteiger partial charge is 1.00 e. The van der Waals surface area contributed by atoms with E-state index in [9.17, 15) is 57.1 Å². The van der Waals surface area contributed by atoms with Gasteiger partial charge in [0.25, 0.3) is 0 Å². The quantitative estimate of drug-likeness (QED) is 0.0656. The van der Waals surface area contributed by atoms with E-state index in [0.29, 0.717) is 20.8 Å². The minimum absolute atomic E-state index is 0. The van der Waals surface area contributed by atoms with E-state index in [-0.39, 0.29) is 28.2 Å². The first-order valence-electron chi connectivity index (χ1n) is 10.9. The number of halogens is 13. The first-order chi connectivity index (χ1) is 19.1. The van der Waals surface area contributed by atoms with Gasteiger partial charge in [-0.15, -0.1) is 12.1 Å². The van der Waals surface area contributed by atoms with Crippen molar-refractivity contribution in [3.8, 4) is 0 Å². The molecule has 0 nitrogen and oxygen atoms in total. The van der Waals surface area contributed by atoms with Gasteiger partial charge >= 0.3 is 22.4 Å². The van der Waals surface area contributed by atoms with Gasteiger partial charge in [0.1, 0.15) is 0 Å². The fourth-order valence-electron chi connectivity index (χ4n) is 3.49. The van der Waals surface area contributed by atoms with Crippen molar-refractivity contribution in [2.45, 2.75) is 20.8 Å². The van der Waals surface area contributed by atoms with Crippen LogP contribution in [0.1, 0.15) is 16.7 Å². The molecule has 42 heavy (non-hydrogen) atoms. The second-order valence-corrected chi connectivity index (χ2v) is 10.3. The van der Waals surface area contributed by atoms with Crippen molar-refractivity contribution in [1.29, 1.82) is 0 Å². The summed E-state index contributed by atoms with van der Waals surface area (Å²) in [6.45, 7) is 1.59. The third-order valence-corrected chi connectivity index (χ3v) is 8.24. The molecule has 0 saturated heterocycles. The first kappa shape index (κ1) is 35.3. The van der Waals surface area contributed by atoms with E-state index in [1.54, 1.807) is 12.1 Å². The fourth-order valence-corrected chi connectivity index (χ4v) is 5.92. The Balaban J connectivity index is 0.000000674. The van der Waals surface area contributed by atoms with Crippen molar-refractivity contribution >= 4 is 23.8 Å². The summed E-state index contributed by atoms with van der Waals surface area (Å²) in [6, 6.07) is 8.53. The summed E-state index contributed by atoms with van der Waals surface area (Å²) in [4.78, 5) is 0. The average Bonchev–Trinajstić information content (AvgIpc) is 2.95. The van der Waals surface area contributed by atoms with Crippen LogP contribution in [0, 0.1) is 102 Å². The van der Waals surface area contributed by atoms with Gasteiger partial charge in [-0.25, -0.2) is 52.7 Å². The molecule has 0 amide bonds. The molecule has 0 aliphatic carbocycles. The number of rotatable bonds is 3. The smallest absolute Gasteiger partial charge is 0.284 e. The molecule has 4 rings (SSSR count). The van der Waals surface area contributed by atoms with Gasteiger partial charge in [0.15, 0.2) is 69.8 Å². The normalized spacial score (nSPS) is 10.9. The molecule has 0 radical (unpaired) electrons. The predicted octanol–water partition coefficient (Wildman–Crippen LogP) is 7.66. The van der Waals surface area contributed by atoms with Crippen molar-refractivity contribution < 1.29 is 79.5 Å². The molecule has 0 atom stereocenters. The Morgan fingerprint density at radius 2 is 0.714 bits per heavy atom. The van der Waals surface area contributed by atoms with Crippen LogP contribution in [-0.4, -0.2) is 0 Å². The molecule has 0 N–H and O–H groups in total. The van der Waals surface area contributed by atoms with E-state index in [2.05, 4.69) is 6.07 Å². The van der Waals surface area contributed by atoms with E-state index in [1.165, 1.54) is 12.1 Å². The van der Waals surface area contributed by atoms with E-state index in [0.717, 1.165) is 0 Å². The maximum absolute atomic E-state index is 14.8. The SMILES string of the molecule is Cc1c(F)c(F)c(P(c2c(F)c(F)c(C)c(F)c2F)c2c(F)c(F)c(C)c(F)c2F)c(F)c1F.Fc1c[c-]ccc1.[Au+]. The van der Waals surface area contributed by atoms with Gasteiger partial charge in [0, 0.05) is 30.4 Å². The Hall–Kier alpha value is -2.86. The number of benzene rings is 4. The minimum atomic E-state index is -4.40. The number of hydrogen-bond donors (Lipinski definition) is 0. The Morgan fingerprint density at radius 1 is 0.452 bits per heavy atom. The Morgan fingerprint density at radius 3 is 0.881 bits per heavy atom. The monoisotopic (exact) mass is 812 g/mol. The summed E-state index contributed by atoms with van der Waals surface area (Å²) in [5, 5.41) is -6.38. The summed E-state index contributed by atoms with van der Waals surface area (Å²) < 4.78 is 186. The molecule has 0 bridgehead atoms. The summed E-state index contributed by atoms with van der Waals surface area (Å²) >= 11 is 0. The van der Waals surface area contributed by atoms with Crippen LogP contribution in [0.3, 0.4) is 0 Å². The second-order valence-electron chi connectivity index (χ2n) is 8.25. The van der Waals surface area contributed by atoms with Gasteiger partial charge in [0.2, 0.25) is 0 Å². The van der Waals surface area contributed by atoms with E-state index >= 15 is 0 Å². The Bertz CT molecular complexity index is 1410. The average molecular weight is 812 g/mol. The molecule has 0 aliphatic heterocycles. The van der Waals surface area contributed by atoms with Crippen LogP contribution in [0.15, 0.2) is 24.3 Å². The summed E-state index contributed by atoms with van der Waals surface area (Å²) in [6.07, 6.45) is 0. The molecular weight excluding hydrogens is 799 g/mol. The van der Waals surface area contributed by atoms with Crippen LogP contribution in [-0.2, 0) is 22.4 Å². The topological polar surface area (TPSA) is 0 Å². The molecule has 4 aromatic rings. The van der Waals surface area contributed by atoms with Crippen LogP contribution < -0.4 is 15.9 Å². The fraction of sp³-hybridized carbons (Fsp3) is 0.111. The third-order valence-electron chi connectivity index (χ3n) is 5.72. The molecule has 0 fully saturated rings. The maximum atomic E-state index is 14.8. The molecule has 228 valence electrons. The third kappa shape index (κ3) is 6.10. The minimum Gasteiger partial charge on any atom is -0.284 e. The summed E-state index contributed by atoms with van der Waals surface area (Å²) in [5.74, 6) is -28.1. The van der Waals surface area contributed by atoms with Crippen molar-refractivity contribution in [2.24, 2.45) is 0 Å². The van der Waals surface area contributed by atoms with Gasteiger partial charge in [0.05, 0.1) is 15.9 Å². The summed E-state index contributed by atoms with van der Waals surface area (Å²) in [7, 11) is -4.40. The molecule has 15 heteroatoms. The van der Waals surface area contributed by atoms with E-state index in [4.69, 9.17) is 0 Å². The van der Waals surface area contributed by atoms with Gasteiger partial charge in [-0.2, -0.15) is 18.2 Å². The van der Waals surface area contributed by atoms with Crippen LogP contribution in [0.4, 0.5) is 57.1 Å². The standard InChI is InChI=1S/C21H9F12P.C6H4F.Au/c1-4-7(22)13(28)19(14(29)8(4)23)34(20-15(30)9(24)5(2)10(25)16(20)31)21-17(32)11(26)6(3)12(27)18(21)33;7-6-4-2-1-3-5-6;/h1-3H3;1-2,4-5H;/q;-1;+1. The molecule has 0 heterocycles. The second kappa shape index (κ2) is 13.6. The van der Waals surface area contributed by atoms with Gasteiger partial charge < -0.3 is 0 Å². The van der Waals surface area contributed by atoms with Crippen LogP contribution in [0.25, 0.3) is 0 Å². The summed E-state index contributed by atoms with van der Waals surface area (Å²) in [5.41, 5.74) is -3.92. The van der Waals surface area contributed by atoms with Crippen molar-refractivity contribution in [2.75, 3.05) is 0 Å². The van der Waals surface area contributed by atoms with Gasteiger partial charge in [-0.3, -0.25) is 4.39 Å². The molecule has 0 unspecified atom stereocenters. The molecule has 0 saturated carbocycles. The zero-order valence-electron chi connectivity index (χ0n) is 21.0. The molecular formula is C27H13AuF13P. The van der Waals surface area contributed by atoms with Gasteiger partial charge in [-0.1, -0.05) is 0 Å². The predicted molar refractivity (Wildman–Crippen MR) is 124 cm³/mol. The van der Waals surface area contributed by atoms with Crippen molar-refractivity contribution in [3.63, 3.8) is 0 Å². The maximum Gasteiger partial charge on any atom is 1.00 e. The molecule has 0 spiro atoms. The van der Waals surface area contributed by atoms with E-state index in [1.807, 2.05) is 0 Å². The molecule has 4 aromatic carbocycles. The van der Waals surface area contributed by atoms with Gasteiger partial charge in [-0.05, 0) is 20.8 Å². The van der Waals surface area contributed by atoms with Crippen LogP contribution in [0.5, 0.6) is 0 Å². The van der Waals surface area contributed by atoms with Crippen molar-refractivity contribution in [3.05, 3.63) is 123 Å². The molecule has 0 aromatic heterocycles.